The zero-order chi connectivity index (χ0) is 16.2. The van der Waals surface area contributed by atoms with Gasteiger partial charge in [0, 0.05) is 25.0 Å². The van der Waals surface area contributed by atoms with Gasteiger partial charge in [-0.2, -0.15) is 4.80 Å². The maximum Gasteiger partial charge on any atom is 0.223 e. The van der Waals surface area contributed by atoms with E-state index in [-0.39, 0.29) is 0 Å². The monoisotopic (exact) mass is 323 g/mol. The van der Waals surface area contributed by atoms with Crippen molar-refractivity contribution in [2.45, 2.75) is 6.54 Å². The van der Waals surface area contributed by atoms with E-state index in [0.29, 0.717) is 18.1 Å². The molecule has 1 fully saturated rings. The van der Waals surface area contributed by atoms with E-state index in [1.54, 1.807) is 17.1 Å². The van der Waals surface area contributed by atoms with Gasteiger partial charge in [0.1, 0.15) is 12.0 Å². The fourth-order valence-electron chi connectivity index (χ4n) is 2.63. The number of hydrogen-bond acceptors (Lipinski definition) is 7. The summed E-state index contributed by atoms with van der Waals surface area (Å²) in [5, 5.41) is 12.5. The first-order valence-electron chi connectivity index (χ1n) is 7.84. The highest BCUT2D eigenvalue weighted by Crippen LogP contribution is 2.17. The number of anilines is 1. The molecule has 4 rings (SSSR count). The average Bonchev–Trinajstić information content (AvgIpc) is 3.12. The summed E-state index contributed by atoms with van der Waals surface area (Å²) in [6, 6.07) is 10.2. The van der Waals surface area contributed by atoms with E-state index < -0.39 is 0 Å². The Kier molecular flexibility index (Phi) is 4.11. The van der Waals surface area contributed by atoms with Crippen molar-refractivity contribution in [3.05, 3.63) is 48.4 Å². The van der Waals surface area contributed by atoms with Gasteiger partial charge >= 0.3 is 0 Å². The second-order valence-electron chi connectivity index (χ2n) is 5.50. The Morgan fingerprint density at radius 2 is 1.88 bits per heavy atom. The third-order valence-corrected chi connectivity index (χ3v) is 3.90. The average molecular weight is 323 g/mol. The smallest absolute Gasteiger partial charge is 0.223 e. The summed E-state index contributed by atoms with van der Waals surface area (Å²) in [5.74, 6) is 0.502. The molecule has 8 nitrogen and oxygen atoms in total. The van der Waals surface area contributed by atoms with Gasteiger partial charge in [-0.3, -0.25) is 0 Å². The minimum Gasteiger partial charge on any atom is -0.378 e. The molecule has 122 valence electrons. The van der Waals surface area contributed by atoms with Crippen molar-refractivity contribution in [3.63, 3.8) is 0 Å². The van der Waals surface area contributed by atoms with Crippen molar-refractivity contribution in [2.24, 2.45) is 0 Å². The molecule has 0 atom stereocenters. The first kappa shape index (κ1) is 14.7. The molecule has 0 unspecified atom stereocenters. The fourth-order valence-corrected chi connectivity index (χ4v) is 2.63. The number of morpholine rings is 1. The highest BCUT2D eigenvalue weighted by molar-refractivity contribution is 5.48. The van der Waals surface area contributed by atoms with Crippen LogP contribution < -0.4 is 4.90 Å². The molecule has 1 aromatic carbocycles. The maximum absolute atomic E-state index is 5.39. The minimum atomic E-state index is 0.502. The Hall–Kier alpha value is -2.87. The van der Waals surface area contributed by atoms with E-state index in [0.717, 1.165) is 31.9 Å². The van der Waals surface area contributed by atoms with Crippen molar-refractivity contribution in [2.75, 3.05) is 31.2 Å². The first-order chi connectivity index (χ1) is 11.9. The second kappa shape index (κ2) is 6.71. The Bertz CT molecular complexity index is 782. The predicted molar refractivity (Wildman–Crippen MR) is 87.4 cm³/mol. The van der Waals surface area contributed by atoms with Crippen LogP contribution in [0.1, 0.15) is 5.56 Å². The predicted octanol–water partition coefficient (Wildman–Crippen LogP) is 1.01. The van der Waals surface area contributed by atoms with Gasteiger partial charge in [0.15, 0.2) is 0 Å². The van der Waals surface area contributed by atoms with E-state index in [4.69, 9.17) is 4.74 Å². The number of nitrogens with zero attached hydrogens (tertiary/aromatic N) is 7. The van der Waals surface area contributed by atoms with Gasteiger partial charge in [-0.15, -0.1) is 10.2 Å². The molecule has 0 amide bonds. The molecule has 0 aliphatic carbocycles. The zero-order valence-electron chi connectivity index (χ0n) is 13.1. The van der Waals surface area contributed by atoms with E-state index in [2.05, 4.69) is 54.5 Å². The topological polar surface area (TPSA) is 81.9 Å². The lowest BCUT2D eigenvalue weighted by Crippen LogP contribution is -2.36. The molecule has 3 heterocycles. The maximum atomic E-state index is 5.39. The third-order valence-electron chi connectivity index (χ3n) is 3.90. The molecule has 0 bridgehead atoms. The molecule has 2 aromatic heterocycles. The van der Waals surface area contributed by atoms with Gasteiger partial charge in [0.2, 0.25) is 5.82 Å². The summed E-state index contributed by atoms with van der Waals surface area (Å²) >= 11 is 0. The van der Waals surface area contributed by atoms with Gasteiger partial charge in [-0.25, -0.2) is 9.97 Å². The number of benzene rings is 1. The van der Waals surface area contributed by atoms with Crippen molar-refractivity contribution in [3.8, 4) is 11.5 Å². The number of aromatic nitrogens is 6. The van der Waals surface area contributed by atoms with Crippen LogP contribution in [0.3, 0.4) is 0 Å². The van der Waals surface area contributed by atoms with Gasteiger partial charge < -0.3 is 9.64 Å². The van der Waals surface area contributed by atoms with Crippen LogP contribution in [-0.2, 0) is 11.3 Å². The minimum absolute atomic E-state index is 0.502. The second-order valence-corrected chi connectivity index (χ2v) is 5.50. The molecule has 0 radical (unpaired) electrons. The molecular weight excluding hydrogens is 306 g/mol. The Labute approximate surface area is 139 Å². The molecule has 24 heavy (non-hydrogen) atoms. The molecule has 8 heteroatoms. The Morgan fingerprint density at radius 1 is 1.04 bits per heavy atom. The van der Waals surface area contributed by atoms with Gasteiger partial charge in [0.05, 0.1) is 19.8 Å². The number of ether oxygens (including phenoxy) is 1. The molecule has 3 aromatic rings. The number of hydrogen-bond donors (Lipinski definition) is 0. The molecule has 0 N–H and O–H groups in total. The van der Waals surface area contributed by atoms with E-state index in [9.17, 15) is 0 Å². The van der Waals surface area contributed by atoms with Crippen LogP contribution in [0.4, 0.5) is 5.69 Å². The van der Waals surface area contributed by atoms with Crippen LogP contribution >= 0.6 is 0 Å². The van der Waals surface area contributed by atoms with Crippen LogP contribution in [0.5, 0.6) is 0 Å². The van der Waals surface area contributed by atoms with Crippen molar-refractivity contribution < 1.29 is 4.74 Å². The van der Waals surface area contributed by atoms with Crippen LogP contribution in [-0.4, -0.2) is 56.5 Å². The van der Waals surface area contributed by atoms with Crippen molar-refractivity contribution in [1.29, 1.82) is 0 Å². The normalized spacial score (nSPS) is 14.8. The molecular formula is C16H17N7O. The fraction of sp³-hybridized carbons (Fsp3) is 0.312. The van der Waals surface area contributed by atoms with Crippen molar-refractivity contribution in [1.82, 2.24) is 30.2 Å². The molecule has 1 aliphatic heterocycles. The Balaban J connectivity index is 1.45. The molecule has 1 saturated heterocycles. The summed E-state index contributed by atoms with van der Waals surface area (Å²) in [6.07, 6.45) is 3.13. The summed E-state index contributed by atoms with van der Waals surface area (Å²) in [4.78, 5) is 11.9. The quantitative estimate of drug-likeness (QED) is 0.709. The Morgan fingerprint density at radius 3 is 2.62 bits per heavy atom. The largest absolute Gasteiger partial charge is 0.378 e. The number of tetrazole rings is 1. The first-order valence-corrected chi connectivity index (χ1v) is 7.84. The lowest BCUT2D eigenvalue weighted by atomic mass is 10.2. The van der Waals surface area contributed by atoms with E-state index >= 15 is 0 Å². The third kappa shape index (κ3) is 3.23. The van der Waals surface area contributed by atoms with Gasteiger partial charge in [-0.05, 0) is 29.0 Å². The van der Waals surface area contributed by atoms with E-state index in [1.165, 1.54) is 12.0 Å². The number of rotatable bonds is 4. The van der Waals surface area contributed by atoms with Crippen molar-refractivity contribution >= 4 is 5.69 Å². The van der Waals surface area contributed by atoms with Gasteiger partial charge in [-0.1, -0.05) is 12.1 Å². The highest BCUT2D eigenvalue weighted by Gasteiger charge is 2.11. The van der Waals surface area contributed by atoms with Gasteiger partial charge in [0.25, 0.3) is 0 Å². The van der Waals surface area contributed by atoms with E-state index in [1.807, 2.05) is 0 Å². The summed E-state index contributed by atoms with van der Waals surface area (Å²) in [7, 11) is 0. The zero-order valence-corrected chi connectivity index (χ0v) is 13.1. The lowest BCUT2D eigenvalue weighted by Gasteiger charge is -2.28. The highest BCUT2D eigenvalue weighted by atomic mass is 16.5. The summed E-state index contributed by atoms with van der Waals surface area (Å²) in [6.45, 7) is 4.02. The SMILES string of the molecule is c1cc(-c2nnn(Cc3ccc(N4CCOCC4)cc3)n2)ncn1. The van der Waals surface area contributed by atoms with Crippen LogP contribution in [0, 0.1) is 0 Å². The molecule has 0 spiro atoms. The summed E-state index contributed by atoms with van der Waals surface area (Å²) in [5.41, 5.74) is 3.01. The lowest BCUT2D eigenvalue weighted by molar-refractivity contribution is 0.122. The molecule has 0 saturated carbocycles. The van der Waals surface area contributed by atoms with Crippen LogP contribution in [0.2, 0.25) is 0 Å². The van der Waals surface area contributed by atoms with Crippen LogP contribution in [0.15, 0.2) is 42.9 Å². The summed E-state index contributed by atoms with van der Waals surface area (Å²) < 4.78 is 5.39. The van der Waals surface area contributed by atoms with Crippen LogP contribution in [0.25, 0.3) is 11.5 Å². The standard InChI is InChI=1S/C16H17N7O/c1-3-14(22-7-9-24-10-8-22)4-2-13(1)11-23-20-16(19-21-23)15-5-6-17-12-18-15/h1-6,12H,7-11H2. The molecule has 1 aliphatic rings.